The number of furan rings is 1. The summed E-state index contributed by atoms with van der Waals surface area (Å²) in [5.74, 6) is 2.91. The molecular weight excluding hydrogens is 312 g/mol. The zero-order chi connectivity index (χ0) is 15.6. The van der Waals surface area contributed by atoms with Crippen molar-refractivity contribution >= 4 is 22.7 Å². The van der Waals surface area contributed by atoms with Crippen molar-refractivity contribution in [2.24, 2.45) is 0 Å². The molecule has 0 amide bonds. The van der Waals surface area contributed by atoms with Crippen molar-refractivity contribution in [1.82, 2.24) is 20.2 Å². The van der Waals surface area contributed by atoms with Gasteiger partial charge in [0, 0.05) is 12.3 Å². The summed E-state index contributed by atoms with van der Waals surface area (Å²) >= 11 is 1.54. The highest BCUT2D eigenvalue weighted by Gasteiger charge is 2.13. The van der Waals surface area contributed by atoms with Gasteiger partial charge in [-0.15, -0.1) is 10.2 Å². The van der Waals surface area contributed by atoms with Crippen LogP contribution in [-0.2, 0) is 5.75 Å². The fraction of sp³-hybridized carbons (Fsp3) is 0.125. The van der Waals surface area contributed by atoms with Gasteiger partial charge in [0.2, 0.25) is 11.8 Å². The van der Waals surface area contributed by atoms with E-state index in [-0.39, 0.29) is 0 Å². The highest BCUT2D eigenvalue weighted by atomic mass is 32.2. The summed E-state index contributed by atoms with van der Waals surface area (Å²) in [6, 6.07) is 11.6. The minimum absolute atomic E-state index is 0.555. The molecule has 3 aromatic heterocycles. The number of benzene rings is 1. The van der Waals surface area contributed by atoms with Gasteiger partial charge in [0.15, 0.2) is 11.6 Å². The molecule has 3 heterocycles. The number of hydrogen-bond acceptors (Lipinski definition) is 7. The number of aromatic nitrogens is 4. The second-order valence-corrected chi connectivity index (χ2v) is 5.81. The Bertz CT molecular complexity index is 950. The molecule has 0 saturated carbocycles. The van der Waals surface area contributed by atoms with Crippen LogP contribution in [0.5, 0.6) is 0 Å². The standard InChI is InChI=1S/C16H12N4O2S/c1-10-19-20-14(22-10)9-23-16-11-5-2-3-6-12(11)17-15(18-16)13-7-4-8-21-13/h2-8H,9H2,1H3. The van der Waals surface area contributed by atoms with Crippen LogP contribution in [0.4, 0.5) is 0 Å². The molecule has 6 nitrogen and oxygen atoms in total. The zero-order valence-electron chi connectivity index (χ0n) is 12.3. The number of aryl methyl sites for hydroxylation is 1. The minimum Gasteiger partial charge on any atom is -0.461 e. The van der Waals surface area contributed by atoms with Crippen molar-refractivity contribution in [3.8, 4) is 11.6 Å². The van der Waals surface area contributed by atoms with E-state index < -0.39 is 0 Å². The predicted octanol–water partition coefficient (Wildman–Crippen LogP) is 3.87. The molecule has 1 aromatic carbocycles. The summed E-state index contributed by atoms with van der Waals surface area (Å²) in [5, 5.41) is 9.70. The van der Waals surface area contributed by atoms with Crippen LogP contribution in [0.2, 0.25) is 0 Å². The van der Waals surface area contributed by atoms with E-state index in [0.717, 1.165) is 15.9 Å². The van der Waals surface area contributed by atoms with Crippen LogP contribution in [-0.4, -0.2) is 20.2 Å². The molecule has 0 spiro atoms. The molecule has 0 aliphatic rings. The highest BCUT2D eigenvalue weighted by Crippen LogP contribution is 2.30. The fourth-order valence-corrected chi connectivity index (χ4v) is 3.06. The van der Waals surface area contributed by atoms with E-state index in [1.807, 2.05) is 36.4 Å². The smallest absolute Gasteiger partial charge is 0.226 e. The Morgan fingerprint density at radius 1 is 1.04 bits per heavy atom. The first-order chi connectivity index (χ1) is 11.3. The Balaban J connectivity index is 1.74. The Hall–Kier alpha value is -2.67. The van der Waals surface area contributed by atoms with Gasteiger partial charge in [0.05, 0.1) is 17.5 Å². The maximum atomic E-state index is 5.41. The van der Waals surface area contributed by atoms with Gasteiger partial charge in [-0.3, -0.25) is 0 Å². The second kappa shape index (κ2) is 5.85. The average molecular weight is 324 g/mol. The number of fused-ring (bicyclic) bond motifs is 1. The van der Waals surface area contributed by atoms with Crippen LogP contribution in [0.1, 0.15) is 11.8 Å². The van der Waals surface area contributed by atoms with Gasteiger partial charge < -0.3 is 8.83 Å². The molecule has 7 heteroatoms. The van der Waals surface area contributed by atoms with Crippen molar-refractivity contribution in [3.05, 3.63) is 54.4 Å². The minimum atomic E-state index is 0.555. The van der Waals surface area contributed by atoms with E-state index in [1.165, 1.54) is 11.8 Å². The van der Waals surface area contributed by atoms with Crippen molar-refractivity contribution in [1.29, 1.82) is 0 Å². The third kappa shape index (κ3) is 2.83. The molecule has 4 aromatic rings. The summed E-state index contributed by atoms with van der Waals surface area (Å²) < 4.78 is 10.8. The number of nitrogens with zero attached hydrogens (tertiary/aromatic N) is 4. The lowest BCUT2D eigenvalue weighted by atomic mass is 10.2. The topological polar surface area (TPSA) is 77.8 Å². The van der Waals surface area contributed by atoms with Crippen molar-refractivity contribution in [2.45, 2.75) is 17.7 Å². The first-order valence-electron chi connectivity index (χ1n) is 7.02. The lowest BCUT2D eigenvalue weighted by Gasteiger charge is -2.06. The van der Waals surface area contributed by atoms with Crippen molar-refractivity contribution in [2.75, 3.05) is 0 Å². The van der Waals surface area contributed by atoms with Gasteiger partial charge >= 0.3 is 0 Å². The lowest BCUT2D eigenvalue weighted by Crippen LogP contribution is -1.93. The Morgan fingerprint density at radius 2 is 1.96 bits per heavy atom. The summed E-state index contributed by atoms with van der Waals surface area (Å²) in [7, 11) is 0. The number of para-hydroxylation sites is 1. The van der Waals surface area contributed by atoms with Gasteiger partial charge in [-0.2, -0.15) is 0 Å². The monoisotopic (exact) mass is 324 g/mol. The van der Waals surface area contributed by atoms with Crippen LogP contribution < -0.4 is 0 Å². The van der Waals surface area contributed by atoms with Gasteiger partial charge in [-0.05, 0) is 18.2 Å². The quantitative estimate of drug-likeness (QED) is 0.416. The van der Waals surface area contributed by atoms with Crippen LogP contribution in [0.3, 0.4) is 0 Å². The van der Waals surface area contributed by atoms with Crippen LogP contribution in [0.15, 0.2) is 56.5 Å². The van der Waals surface area contributed by atoms with E-state index in [2.05, 4.69) is 20.2 Å². The van der Waals surface area contributed by atoms with Gasteiger partial charge in [-0.25, -0.2) is 9.97 Å². The molecule has 114 valence electrons. The van der Waals surface area contributed by atoms with E-state index >= 15 is 0 Å². The molecule has 0 N–H and O–H groups in total. The lowest BCUT2D eigenvalue weighted by molar-refractivity contribution is 0.485. The molecule has 4 rings (SSSR count). The molecule has 0 bridgehead atoms. The maximum Gasteiger partial charge on any atom is 0.226 e. The molecule has 23 heavy (non-hydrogen) atoms. The van der Waals surface area contributed by atoms with Crippen molar-refractivity contribution in [3.63, 3.8) is 0 Å². The summed E-state index contributed by atoms with van der Waals surface area (Å²) in [6.45, 7) is 1.77. The fourth-order valence-electron chi connectivity index (χ4n) is 2.20. The third-order valence-electron chi connectivity index (χ3n) is 3.21. The zero-order valence-corrected chi connectivity index (χ0v) is 13.1. The third-order valence-corrected chi connectivity index (χ3v) is 4.19. The van der Waals surface area contributed by atoms with E-state index in [9.17, 15) is 0 Å². The Kier molecular flexibility index (Phi) is 3.55. The first-order valence-corrected chi connectivity index (χ1v) is 8.00. The van der Waals surface area contributed by atoms with E-state index in [4.69, 9.17) is 8.83 Å². The predicted molar refractivity (Wildman–Crippen MR) is 85.8 cm³/mol. The molecule has 0 saturated heterocycles. The van der Waals surface area contributed by atoms with Crippen LogP contribution in [0, 0.1) is 6.92 Å². The maximum absolute atomic E-state index is 5.41. The molecule has 0 radical (unpaired) electrons. The SMILES string of the molecule is Cc1nnc(CSc2nc(-c3ccco3)nc3ccccc23)o1. The molecule has 0 fully saturated rings. The number of hydrogen-bond donors (Lipinski definition) is 0. The van der Waals surface area contributed by atoms with Crippen molar-refractivity contribution < 1.29 is 8.83 Å². The highest BCUT2D eigenvalue weighted by molar-refractivity contribution is 7.98. The molecule has 0 atom stereocenters. The number of rotatable bonds is 4. The summed E-state index contributed by atoms with van der Waals surface area (Å²) in [6.07, 6.45) is 1.61. The number of thioether (sulfide) groups is 1. The van der Waals surface area contributed by atoms with Crippen LogP contribution >= 0.6 is 11.8 Å². The summed E-state index contributed by atoms with van der Waals surface area (Å²) in [5.41, 5.74) is 0.873. The normalized spacial score (nSPS) is 11.2. The Morgan fingerprint density at radius 3 is 2.74 bits per heavy atom. The van der Waals surface area contributed by atoms with E-state index in [0.29, 0.717) is 29.1 Å². The summed E-state index contributed by atoms with van der Waals surface area (Å²) in [4.78, 5) is 9.20. The van der Waals surface area contributed by atoms with Gasteiger partial charge in [0.25, 0.3) is 0 Å². The van der Waals surface area contributed by atoms with Crippen LogP contribution in [0.25, 0.3) is 22.5 Å². The van der Waals surface area contributed by atoms with E-state index in [1.54, 1.807) is 13.2 Å². The molecule has 0 aliphatic carbocycles. The largest absolute Gasteiger partial charge is 0.461 e. The average Bonchev–Trinajstić information content (AvgIpc) is 3.24. The Labute approximate surface area is 136 Å². The molecule has 0 unspecified atom stereocenters. The van der Waals surface area contributed by atoms with Gasteiger partial charge in [-0.1, -0.05) is 30.0 Å². The van der Waals surface area contributed by atoms with Gasteiger partial charge in [0.1, 0.15) is 5.03 Å². The first kappa shape index (κ1) is 14.0. The molecule has 0 aliphatic heterocycles. The molecular formula is C16H12N4O2S. The second-order valence-electron chi connectivity index (χ2n) is 4.85.